The molecule has 1 aromatic rings. The van der Waals surface area contributed by atoms with Gasteiger partial charge in [-0.25, -0.2) is 0 Å². The van der Waals surface area contributed by atoms with Crippen LogP contribution in [0.4, 0.5) is 0 Å². The molecule has 0 aromatic heterocycles. The average molecular weight is 190 g/mol. The minimum absolute atomic E-state index is 0.0638. The molecule has 14 heavy (non-hydrogen) atoms. The number of hydrogen-bond donors (Lipinski definition) is 1. The molecule has 0 fully saturated rings. The Morgan fingerprint density at radius 2 is 2.21 bits per heavy atom. The van der Waals surface area contributed by atoms with Crippen LogP contribution >= 0.6 is 0 Å². The van der Waals surface area contributed by atoms with E-state index in [0.29, 0.717) is 12.4 Å². The van der Waals surface area contributed by atoms with Gasteiger partial charge in [-0.15, -0.1) is 0 Å². The molecular weight excluding hydrogens is 176 g/mol. The minimum Gasteiger partial charge on any atom is -0.508 e. The molecule has 1 aliphatic rings. The number of rotatable bonds is 2. The zero-order valence-electron chi connectivity index (χ0n) is 8.23. The zero-order valence-corrected chi connectivity index (χ0v) is 8.23. The van der Waals surface area contributed by atoms with Gasteiger partial charge in [-0.3, -0.25) is 0 Å². The molecular formula is C12H14O2. The summed E-state index contributed by atoms with van der Waals surface area (Å²) in [6.07, 6.45) is 3.05. The molecule has 74 valence electrons. The molecule has 0 saturated carbocycles. The molecule has 0 radical (unpaired) electrons. The lowest BCUT2D eigenvalue weighted by Crippen LogP contribution is -1.95. The highest BCUT2D eigenvalue weighted by molar-refractivity contribution is 5.37. The van der Waals surface area contributed by atoms with Crippen molar-refractivity contribution in [2.45, 2.75) is 19.4 Å². The van der Waals surface area contributed by atoms with Gasteiger partial charge in [0.05, 0.1) is 6.61 Å². The van der Waals surface area contributed by atoms with Crippen LogP contribution in [-0.2, 0) is 4.74 Å². The van der Waals surface area contributed by atoms with Crippen LogP contribution < -0.4 is 0 Å². The Labute approximate surface area is 83.8 Å². The summed E-state index contributed by atoms with van der Waals surface area (Å²) in [4.78, 5) is 0. The predicted molar refractivity (Wildman–Crippen MR) is 55.2 cm³/mol. The third kappa shape index (κ3) is 1.66. The average Bonchev–Trinajstić information content (AvgIpc) is 2.67. The van der Waals surface area contributed by atoms with Crippen molar-refractivity contribution in [2.75, 3.05) is 6.61 Å². The first kappa shape index (κ1) is 9.28. The van der Waals surface area contributed by atoms with Crippen LogP contribution in [0.5, 0.6) is 5.75 Å². The van der Waals surface area contributed by atoms with Gasteiger partial charge in [0.1, 0.15) is 11.9 Å². The Bertz CT molecular complexity index is 355. The zero-order chi connectivity index (χ0) is 9.97. The first-order valence-corrected chi connectivity index (χ1v) is 4.90. The van der Waals surface area contributed by atoms with Crippen molar-refractivity contribution >= 4 is 0 Å². The lowest BCUT2D eigenvalue weighted by Gasteiger charge is -2.09. The van der Waals surface area contributed by atoms with Crippen molar-refractivity contribution in [3.63, 3.8) is 0 Å². The maximum absolute atomic E-state index is 9.62. The topological polar surface area (TPSA) is 29.5 Å². The van der Waals surface area contributed by atoms with Gasteiger partial charge in [-0.2, -0.15) is 0 Å². The lowest BCUT2D eigenvalue weighted by molar-refractivity contribution is 0.123. The summed E-state index contributed by atoms with van der Waals surface area (Å²) >= 11 is 0. The molecule has 2 heteroatoms. The molecule has 2 nitrogen and oxygen atoms in total. The second-order valence-corrected chi connectivity index (χ2v) is 3.47. The molecule has 0 unspecified atom stereocenters. The molecule has 0 amide bonds. The van der Waals surface area contributed by atoms with Crippen LogP contribution in [0.1, 0.15) is 25.0 Å². The standard InChI is InChI=1S/C12H14O2/c1-2-9-7-12(14-8-9)10-5-3-4-6-11(10)13/h3-7,12-13H,2,8H2,1H3/t12-/m1/s1. The van der Waals surface area contributed by atoms with Crippen molar-refractivity contribution < 1.29 is 9.84 Å². The Kier molecular flexibility index (Phi) is 2.55. The Morgan fingerprint density at radius 1 is 1.43 bits per heavy atom. The van der Waals surface area contributed by atoms with Gasteiger partial charge in [0, 0.05) is 5.56 Å². The van der Waals surface area contributed by atoms with Crippen molar-refractivity contribution in [2.24, 2.45) is 0 Å². The van der Waals surface area contributed by atoms with Crippen LogP contribution in [0.2, 0.25) is 0 Å². The van der Waals surface area contributed by atoms with Crippen LogP contribution in [0.3, 0.4) is 0 Å². The molecule has 1 aliphatic heterocycles. The number of phenols is 1. The highest BCUT2D eigenvalue weighted by atomic mass is 16.5. The number of hydrogen-bond acceptors (Lipinski definition) is 2. The first-order chi connectivity index (χ1) is 6.81. The van der Waals surface area contributed by atoms with E-state index in [1.165, 1.54) is 5.57 Å². The lowest BCUT2D eigenvalue weighted by atomic mass is 10.1. The summed E-state index contributed by atoms with van der Waals surface area (Å²) in [5.41, 5.74) is 2.16. The van der Waals surface area contributed by atoms with E-state index in [0.717, 1.165) is 12.0 Å². The molecule has 0 saturated heterocycles. The second-order valence-electron chi connectivity index (χ2n) is 3.47. The Hall–Kier alpha value is -1.28. The number of para-hydroxylation sites is 1. The van der Waals surface area contributed by atoms with E-state index >= 15 is 0 Å². The predicted octanol–water partition coefficient (Wildman–Crippen LogP) is 2.80. The van der Waals surface area contributed by atoms with E-state index in [-0.39, 0.29) is 6.10 Å². The van der Waals surface area contributed by atoms with Crippen LogP contribution in [-0.4, -0.2) is 11.7 Å². The highest BCUT2D eigenvalue weighted by Gasteiger charge is 2.19. The fourth-order valence-corrected chi connectivity index (χ4v) is 1.63. The first-order valence-electron chi connectivity index (χ1n) is 4.90. The number of phenolic OH excluding ortho intramolecular Hbond substituents is 1. The van der Waals surface area contributed by atoms with E-state index in [9.17, 15) is 5.11 Å². The molecule has 0 bridgehead atoms. The number of ether oxygens (including phenoxy) is 1. The second kappa shape index (κ2) is 3.84. The van der Waals surface area contributed by atoms with Crippen molar-refractivity contribution in [1.29, 1.82) is 0 Å². The van der Waals surface area contributed by atoms with E-state index in [2.05, 4.69) is 13.0 Å². The third-order valence-corrected chi connectivity index (χ3v) is 2.53. The fourth-order valence-electron chi connectivity index (χ4n) is 1.63. The van der Waals surface area contributed by atoms with E-state index in [1.807, 2.05) is 18.2 Å². The van der Waals surface area contributed by atoms with Gasteiger partial charge in [-0.1, -0.05) is 25.1 Å². The number of benzene rings is 1. The normalized spacial score (nSPS) is 20.9. The molecule has 0 aliphatic carbocycles. The third-order valence-electron chi connectivity index (χ3n) is 2.53. The monoisotopic (exact) mass is 190 g/mol. The summed E-state index contributed by atoms with van der Waals surface area (Å²) in [6.45, 7) is 2.80. The Morgan fingerprint density at radius 3 is 2.86 bits per heavy atom. The smallest absolute Gasteiger partial charge is 0.121 e. The molecule has 1 atom stereocenters. The van der Waals surface area contributed by atoms with Gasteiger partial charge < -0.3 is 9.84 Å². The van der Waals surface area contributed by atoms with Crippen molar-refractivity contribution in [3.05, 3.63) is 41.5 Å². The largest absolute Gasteiger partial charge is 0.508 e. The summed E-state index contributed by atoms with van der Waals surface area (Å²) in [5.74, 6) is 0.311. The Balaban J connectivity index is 2.25. The maximum atomic E-state index is 9.62. The van der Waals surface area contributed by atoms with E-state index < -0.39 is 0 Å². The molecule has 2 rings (SSSR count). The van der Waals surface area contributed by atoms with E-state index in [1.54, 1.807) is 6.07 Å². The summed E-state index contributed by atoms with van der Waals surface area (Å²) < 4.78 is 5.57. The van der Waals surface area contributed by atoms with Crippen LogP contribution in [0.15, 0.2) is 35.9 Å². The fraction of sp³-hybridized carbons (Fsp3) is 0.333. The molecule has 1 aromatic carbocycles. The van der Waals surface area contributed by atoms with Gasteiger partial charge >= 0.3 is 0 Å². The SMILES string of the molecule is CCC1=C[C@H](c2ccccc2O)OC1. The van der Waals surface area contributed by atoms with Crippen LogP contribution in [0.25, 0.3) is 0 Å². The minimum atomic E-state index is -0.0638. The molecule has 1 heterocycles. The number of aromatic hydroxyl groups is 1. The summed E-state index contributed by atoms with van der Waals surface area (Å²) in [7, 11) is 0. The van der Waals surface area contributed by atoms with Crippen molar-refractivity contribution in [1.82, 2.24) is 0 Å². The maximum Gasteiger partial charge on any atom is 0.121 e. The van der Waals surface area contributed by atoms with Gasteiger partial charge in [0.25, 0.3) is 0 Å². The van der Waals surface area contributed by atoms with Gasteiger partial charge in [-0.05, 0) is 24.1 Å². The van der Waals surface area contributed by atoms with Crippen molar-refractivity contribution in [3.8, 4) is 5.75 Å². The molecule has 0 spiro atoms. The molecule has 1 N–H and O–H groups in total. The van der Waals surface area contributed by atoms with Crippen LogP contribution in [0, 0.1) is 0 Å². The summed E-state index contributed by atoms with van der Waals surface area (Å²) in [5, 5.41) is 9.62. The van der Waals surface area contributed by atoms with E-state index in [4.69, 9.17) is 4.74 Å². The van der Waals surface area contributed by atoms with Gasteiger partial charge in [0.15, 0.2) is 0 Å². The highest BCUT2D eigenvalue weighted by Crippen LogP contribution is 2.32. The summed E-state index contributed by atoms with van der Waals surface area (Å²) in [6, 6.07) is 7.32. The quantitative estimate of drug-likeness (QED) is 0.726. The van der Waals surface area contributed by atoms with Gasteiger partial charge in [0.2, 0.25) is 0 Å².